The first kappa shape index (κ1) is 10.6. The van der Waals surface area contributed by atoms with Crippen LogP contribution in [0.25, 0.3) is 0 Å². The summed E-state index contributed by atoms with van der Waals surface area (Å²) in [6, 6.07) is 0. The Bertz CT molecular complexity index is 183. The van der Waals surface area contributed by atoms with Crippen molar-refractivity contribution in [3.63, 3.8) is 0 Å². The zero-order valence-electron chi connectivity index (χ0n) is 7.99. The Morgan fingerprint density at radius 1 is 1.62 bits per heavy atom. The first-order valence-electron chi connectivity index (χ1n) is 4.69. The number of thioether (sulfide) groups is 1. The number of allylic oxidation sites excluding steroid dienone is 1. The predicted octanol–water partition coefficient (Wildman–Crippen LogP) is 2.39. The van der Waals surface area contributed by atoms with Gasteiger partial charge in [-0.1, -0.05) is 12.5 Å². The van der Waals surface area contributed by atoms with Gasteiger partial charge in [0.15, 0.2) is 0 Å². The van der Waals surface area contributed by atoms with Gasteiger partial charge in [-0.2, -0.15) is 11.8 Å². The van der Waals surface area contributed by atoms with E-state index in [2.05, 4.69) is 4.74 Å². The Kier molecular flexibility index (Phi) is 4.98. The smallest absolute Gasteiger partial charge is 0.330 e. The lowest BCUT2D eigenvalue weighted by Gasteiger charge is -2.19. The zero-order valence-corrected chi connectivity index (χ0v) is 8.81. The molecule has 74 valence electrons. The van der Waals surface area contributed by atoms with E-state index < -0.39 is 0 Å². The summed E-state index contributed by atoms with van der Waals surface area (Å²) in [5.41, 5.74) is 0. The lowest BCUT2D eigenvalue weighted by molar-refractivity contribution is -0.134. The maximum absolute atomic E-state index is 10.7. The van der Waals surface area contributed by atoms with E-state index in [4.69, 9.17) is 0 Å². The monoisotopic (exact) mass is 200 g/mol. The number of rotatable bonds is 3. The average molecular weight is 200 g/mol. The second kappa shape index (κ2) is 6.08. The molecule has 0 aliphatic carbocycles. The Morgan fingerprint density at radius 2 is 2.46 bits per heavy atom. The molecule has 0 aromatic carbocycles. The number of methoxy groups -OCH3 is 1. The fourth-order valence-electron chi connectivity index (χ4n) is 1.38. The SMILES string of the molecule is COC(=O)/C=C\CC1CCCCS1. The molecule has 1 saturated heterocycles. The van der Waals surface area contributed by atoms with Crippen molar-refractivity contribution < 1.29 is 9.53 Å². The van der Waals surface area contributed by atoms with E-state index in [0.29, 0.717) is 0 Å². The van der Waals surface area contributed by atoms with Crippen LogP contribution in [-0.2, 0) is 9.53 Å². The topological polar surface area (TPSA) is 26.3 Å². The summed E-state index contributed by atoms with van der Waals surface area (Å²) in [6.45, 7) is 0. The minimum atomic E-state index is -0.249. The van der Waals surface area contributed by atoms with Gasteiger partial charge in [-0.25, -0.2) is 4.79 Å². The summed E-state index contributed by atoms with van der Waals surface area (Å²) in [6.07, 6.45) is 8.42. The summed E-state index contributed by atoms with van der Waals surface area (Å²) in [7, 11) is 1.40. The van der Waals surface area contributed by atoms with Gasteiger partial charge in [0, 0.05) is 11.3 Å². The maximum Gasteiger partial charge on any atom is 0.330 e. The molecule has 1 aliphatic rings. The minimum Gasteiger partial charge on any atom is -0.466 e. The third-order valence-electron chi connectivity index (χ3n) is 2.13. The van der Waals surface area contributed by atoms with Crippen LogP contribution < -0.4 is 0 Å². The Balaban J connectivity index is 2.16. The fourth-order valence-corrected chi connectivity index (χ4v) is 2.66. The number of carbonyl (C=O) groups excluding carboxylic acids is 1. The molecule has 3 heteroatoms. The molecule has 1 atom stereocenters. The van der Waals surface area contributed by atoms with Crippen molar-refractivity contribution in [2.45, 2.75) is 30.9 Å². The number of hydrogen-bond donors (Lipinski definition) is 0. The second-order valence-electron chi connectivity index (χ2n) is 3.15. The molecule has 1 unspecified atom stereocenters. The molecule has 0 amide bonds. The normalized spacial score (nSPS) is 23.3. The van der Waals surface area contributed by atoms with Gasteiger partial charge in [-0.3, -0.25) is 0 Å². The fraction of sp³-hybridized carbons (Fsp3) is 0.700. The van der Waals surface area contributed by atoms with E-state index in [1.54, 1.807) is 0 Å². The third-order valence-corrected chi connectivity index (χ3v) is 3.55. The molecule has 1 rings (SSSR count). The second-order valence-corrected chi connectivity index (χ2v) is 4.56. The lowest BCUT2D eigenvalue weighted by Crippen LogP contribution is -2.08. The largest absolute Gasteiger partial charge is 0.466 e. The molecular weight excluding hydrogens is 184 g/mol. The molecule has 0 aromatic heterocycles. The van der Waals surface area contributed by atoms with Crippen LogP contribution in [0.5, 0.6) is 0 Å². The summed E-state index contributed by atoms with van der Waals surface area (Å²) in [4.78, 5) is 10.7. The summed E-state index contributed by atoms with van der Waals surface area (Å²) in [5, 5.41) is 0.717. The molecule has 0 N–H and O–H groups in total. The van der Waals surface area contributed by atoms with Crippen molar-refractivity contribution >= 4 is 17.7 Å². The van der Waals surface area contributed by atoms with Crippen LogP contribution in [-0.4, -0.2) is 24.1 Å². The molecule has 1 aliphatic heterocycles. The average Bonchev–Trinajstić information content (AvgIpc) is 2.19. The zero-order chi connectivity index (χ0) is 9.52. The van der Waals surface area contributed by atoms with Crippen molar-refractivity contribution in [1.29, 1.82) is 0 Å². The molecular formula is C10H16O2S. The van der Waals surface area contributed by atoms with Crippen molar-refractivity contribution in [2.24, 2.45) is 0 Å². The van der Waals surface area contributed by atoms with Crippen LogP contribution in [0.1, 0.15) is 25.7 Å². The predicted molar refractivity (Wildman–Crippen MR) is 55.9 cm³/mol. The van der Waals surface area contributed by atoms with Gasteiger partial charge >= 0.3 is 5.97 Å². The Morgan fingerprint density at radius 3 is 3.08 bits per heavy atom. The van der Waals surface area contributed by atoms with Crippen LogP contribution in [0.15, 0.2) is 12.2 Å². The van der Waals surface area contributed by atoms with Gasteiger partial charge in [-0.15, -0.1) is 0 Å². The summed E-state index contributed by atoms with van der Waals surface area (Å²) >= 11 is 2.02. The Hall–Kier alpha value is -0.440. The van der Waals surface area contributed by atoms with Crippen LogP contribution in [0, 0.1) is 0 Å². The van der Waals surface area contributed by atoms with Gasteiger partial charge in [0.05, 0.1) is 7.11 Å². The van der Waals surface area contributed by atoms with E-state index in [0.717, 1.165) is 11.7 Å². The summed E-state index contributed by atoms with van der Waals surface area (Å²) in [5.74, 6) is 1.03. The molecule has 2 nitrogen and oxygen atoms in total. The first-order chi connectivity index (χ1) is 6.33. The quantitative estimate of drug-likeness (QED) is 0.517. The molecule has 1 fully saturated rings. The van der Waals surface area contributed by atoms with Crippen LogP contribution in [0.4, 0.5) is 0 Å². The van der Waals surface area contributed by atoms with E-state index in [1.807, 2.05) is 17.8 Å². The minimum absolute atomic E-state index is 0.249. The van der Waals surface area contributed by atoms with Gasteiger partial charge in [0.2, 0.25) is 0 Å². The molecule has 0 aromatic rings. The van der Waals surface area contributed by atoms with E-state index >= 15 is 0 Å². The molecule has 0 spiro atoms. The highest BCUT2D eigenvalue weighted by Gasteiger charge is 2.11. The van der Waals surface area contributed by atoms with Gasteiger partial charge in [0.25, 0.3) is 0 Å². The summed E-state index contributed by atoms with van der Waals surface area (Å²) < 4.78 is 4.51. The highest BCUT2D eigenvalue weighted by Crippen LogP contribution is 2.27. The lowest BCUT2D eigenvalue weighted by atomic mass is 10.1. The van der Waals surface area contributed by atoms with Crippen LogP contribution in [0.3, 0.4) is 0 Å². The number of esters is 1. The van der Waals surface area contributed by atoms with E-state index in [1.165, 1.54) is 38.2 Å². The Labute approximate surface area is 83.7 Å². The van der Waals surface area contributed by atoms with Crippen molar-refractivity contribution in [2.75, 3.05) is 12.9 Å². The number of hydrogen-bond acceptors (Lipinski definition) is 3. The molecule has 1 heterocycles. The highest BCUT2D eigenvalue weighted by molar-refractivity contribution is 7.99. The standard InChI is InChI=1S/C10H16O2S/c1-12-10(11)7-4-6-9-5-2-3-8-13-9/h4,7,9H,2-3,5-6,8H2,1H3/b7-4-. The van der Waals surface area contributed by atoms with Crippen LogP contribution >= 0.6 is 11.8 Å². The molecule has 0 radical (unpaired) electrons. The van der Waals surface area contributed by atoms with Crippen molar-refractivity contribution in [3.05, 3.63) is 12.2 Å². The maximum atomic E-state index is 10.7. The van der Waals surface area contributed by atoms with E-state index in [9.17, 15) is 4.79 Å². The molecule has 0 saturated carbocycles. The number of ether oxygens (including phenoxy) is 1. The van der Waals surface area contributed by atoms with Gasteiger partial charge in [0.1, 0.15) is 0 Å². The van der Waals surface area contributed by atoms with E-state index in [-0.39, 0.29) is 5.97 Å². The number of carbonyl (C=O) groups is 1. The van der Waals surface area contributed by atoms with Crippen LogP contribution in [0.2, 0.25) is 0 Å². The highest BCUT2D eigenvalue weighted by atomic mass is 32.2. The van der Waals surface area contributed by atoms with Gasteiger partial charge < -0.3 is 4.74 Å². The molecule has 0 bridgehead atoms. The third kappa shape index (κ3) is 4.36. The van der Waals surface area contributed by atoms with Gasteiger partial charge in [-0.05, 0) is 25.0 Å². The molecule has 13 heavy (non-hydrogen) atoms. The first-order valence-corrected chi connectivity index (χ1v) is 5.74. The van der Waals surface area contributed by atoms with Crippen molar-refractivity contribution in [3.8, 4) is 0 Å². The van der Waals surface area contributed by atoms with Crippen molar-refractivity contribution in [1.82, 2.24) is 0 Å².